The number of hydrogen-bond acceptors (Lipinski definition) is 3. The Labute approximate surface area is 107 Å². The number of aliphatic carboxylic acids is 1. The molecule has 0 aliphatic heterocycles. The van der Waals surface area contributed by atoms with Gasteiger partial charge in [0.05, 0.1) is 0 Å². The zero-order valence-corrected chi connectivity index (χ0v) is 11.4. The van der Waals surface area contributed by atoms with Crippen LogP contribution in [0.5, 0.6) is 0 Å². The Morgan fingerprint density at radius 1 is 1.22 bits per heavy atom. The largest absolute Gasteiger partial charge is 0.480 e. The molecule has 6 nitrogen and oxygen atoms in total. The van der Waals surface area contributed by atoms with Gasteiger partial charge in [-0.2, -0.15) is 0 Å². The smallest absolute Gasteiger partial charge is 0.329 e. The summed E-state index contributed by atoms with van der Waals surface area (Å²) >= 11 is 0. The lowest BCUT2D eigenvalue weighted by molar-refractivity contribution is -0.147. The molecule has 0 spiro atoms. The maximum atomic E-state index is 11.6. The molecular weight excluding hydrogens is 236 g/mol. The molecule has 0 aliphatic carbocycles. The predicted octanol–water partition coefficient (Wildman–Crippen LogP) is 0.614. The van der Waals surface area contributed by atoms with Gasteiger partial charge in [-0.15, -0.1) is 0 Å². The molecule has 0 aromatic carbocycles. The monoisotopic (exact) mass is 258 g/mol. The van der Waals surface area contributed by atoms with Crippen molar-refractivity contribution < 1.29 is 19.5 Å². The van der Waals surface area contributed by atoms with E-state index in [0.29, 0.717) is 12.8 Å². The average Bonchev–Trinajstić information content (AvgIpc) is 2.28. The number of carbonyl (C=O) groups is 3. The first-order valence-corrected chi connectivity index (χ1v) is 5.97. The quantitative estimate of drug-likeness (QED) is 0.700. The van der Waals surface area contributed by atoms with Crippen molar-refractivity contribution in [1.29, 1.82) is 0 Å². The summed E-state index contributed by atoms with van der Waals surface area (Å²) in [5, 5.41) is 11.5. The Morgan fingerprint density at radius 3 is 2.17 bits per heavy atom. The van der Waals surface area contributed by atoms with E-state index in [1.165, 1.54) is 11.8 Å². The molecule has 18 heavy (non-hydrogen) atoms. The molecule has 1 atom stereocenters. The lowest BCUT2D eigenvalue weighted by Gasteiger charge is -2.24. The average molecular weight is 258 g/mol. The number of carboxylic acids is 1. The number of carboxylic acid groups (broad SMARTS) is 1. The third-order valence-corrected chi connectivity index (χ3v) is 2.89. The molecule has 0 fully saturated rings. The van der Waals surface area contributed by atoms with Gasteiger partial charge in [0, 0.05) is 26.9 Å². The molecule has 104 valence electrons. The summed E-state index contributed by atoms with van der Waals surface area (Å²) in [6.45, 7) is 3.17. The highest BCUT2D eigenvalue weighted by Gasteiger charge is 2.32. The zero-order chi connectivity index (χ0) is 14.3. The number of rotatable bonds is 7. The molecular formula is C12H22N2O4. The fourth-order valence-corrected chi connectivity index (χ4v) is 1.29. The summed E-state index contributed by atoms with van der Waals surface area (Å²) in [5.74, 6) is -1.43. The van der Waals surface area contributed by atoms with E-state index in [2.05, 4.69) is 5.32 Å². The molecule has 0 heterocycles. The molecule has 0 saturated heterocycles. The molecule has 0 rings (SSSR count). The second kappa shape index (κ2) is 6.98. The molecule has 2 amide bonds. The van der Waals surface area contributed by atoms with E-state index in [-0.39, 0.29) is 24.7 Å². The Hall–Kier alpha value is -1.59. The maximum absolute atomic E-state index is 11.6. The van der Waals surface area contributed by atoms with Crippen molar-refractivity contribution in [2.45, 2.75) is 45.1 Å². The number of nitrogens with zero attached hydrogens (tertiary/aromatic N) is 1. The lowest BCUT2D eigenvalue weighted by Crippen LogP contribution is -2.51. The van der Waals surface area contributed by atoms with E-state index in [9.17, 15) is 14.4 Å². The van der Waals surface area contributed by atoms with E-state index in [4.69, 9.17) is 5.11 Å². The van der Waals surface area contributed by atoms with Crippen LogP contribution in [0.15, 0.2) is 0 Å². The maximum Gasteiger partial charge on any atom is 0.329 e. The summed E-state index contributed by atoms with van der Waals surface area (Å²) in [6, 6.07) is 0. The lowest BCUT2D eigenvalue weighted by atomic mass is 9.99. The fraction of sp³-hybridized carbons (Fsp3) is 0.750. The van der Waals surface area contributed by atoms with Crippen LogP contribution in [-0.2, 0) is 14.4 Å². The zero-order valence-electron chi connectivity index (χ0n) is 11.4. The van der Waals surface area contributed by atoms with Crippen molar-refractivity contribution in [2.75, 3.05) is 14.1 Å². The summed E-state index contributed by atoms with van der Waals surface area (Å²) in [6.07, 6.45) is 1.17. The Balaban J connectivity index is 4.12. The minimum absolute atomic E-state index is 0.0423. The Kier molecular flexibility index (Phi) is 6.36. The molecule has 0 bridgehead atoms. The second-order valence-corrected chi connectivity index (χ2v) is 4.68. The van der Waals surface area contributed by atoms with E-state index in [1.54, 1.807) is 21.0 Å². The van der Waals surface area contributed by atoms with Gasteiger partial charge in [-0.1, -0.05) is 6.92 Å². The van der Waals surface area contributed by atoms with Crippen molar-refractivity contribution in [2.24, 2.45) is 0 Å². The molecule has 0 aromatic heterocycles. The van der Waals surface area contributed by atoms with Crippen molar-refractivity contribution in [1.82, 2.24) is 10.2 Å². The summed E-state index contributed by atoms with van der Waals surface area (Å²) < 4.78 is 0. The van der Waals surface area contributed by atoms with E-state index >= 15 is 0 Å². The van der Waals surface area contributed by atoms with E-state index < -0.39 is 11.5 Å². The van der Waals surface area contributed by atoms with Gasteiger partial charge in [-0.25, -0.2) is 4.79 Å². The number of carbonyl (C=O) groups excluding carboxylic acids is 2. The second-order valence-electron chi connectivity index (χ2n) is 4.68. The van der Waals surface area contributed by atoms with E-state index in [1.807, 2.05) is 0 Å². The van der Waals surface area contributed by atoms with Crippen molar-refractivity contribution in [3.05, 3.63) is 0 Å². The van der Waals surface area contributed by atoms with Gasteiger partial charge in [0.25, 0.3) is 0 Å². The number of hydrogen-bond donors (Lipinski definition) is 2. The molecule has 1 unspecified atom stereocenters. The van der Waals surface area contributed by atoms with Gasteiger partial charge in [0.1, 0.15) is 5.54 Å². The molecule has 0 aromatic rings. The SMILES string of the molecule is CCC(C)(NC(=O)CCCC(=O)N(C)C)C(=O)O. The molecule has 2 N–H and O–H groups in total. The van der Waals surface area contributed by atoms with Crippen LogP contribution in [0.2, 0.25) is 0 Å². The standard InChI is InChI=1S/C12H22N2O4/c1-5-12(2,11(17)18)13-9(15)7-6-8-10(16)14(3)4/h5-8H2,1-4H3,(H,13,15)(H,17,18). The molecule has 6 heteroatoms. The first-order chi connectivity index (χ1) is 8.23. The van der Waals surface area contributed by atoms with Gasteiger partial charge < -0.3 is 15.3 Å². The highest BCUT2D eigenvalue weighted by atomic mass is 16.4. The topological polar surface area (TPSA) is 86.7 Å². The van der Waals surface area contributed by atoms with Crippen LogP contribution >= 0.6 is 0 Å². The van der Waals surface area contributed by atoms with Gasteiger partial charge in [-0.05, 0) is 19.8 Å². The molecule has 0 radical (unpaired) electrons. The fourth-order valence-electron chi connectivity index (χ4n) is 1.29. The van der Waals surface area contributed by atoms with E-state index in [0.717, 1.165) is 0 Å². The Morgan fingerprint density at radius 2 is 1.78 bits per heavy atom. The van der Waals surface area contributed by atoms with Crippen molar-refractivity contribution in [3.8, 4) is 0 Å². The number of amides is 2. The molecule has 0 aliphatic rings. The van der Waals surface area contributed by atoms with Crippen LogP contribution in [0.4, 0.5) is 0 Å². The van der Waals surface area contributed by atoms with Crippen molar-refractivity contribution >= 4 is 17.8 Å². The van der Waals surface area contributed by atoms with Crippen LogP contribution in [0.3, 0.4) is 0 Å². The molecule has 0 saturated carbocycles. The normalized spacial score (nSPS) is 13.6. The minimum Gasteiger partial charge on any atom is -0.480 e. The highest BCUT2D eigenvalue weighted by Crippen LogP contribution is 2.10. The van der Waals surface area contributed by atoms with Crippen LogP contribution in [0.1, 0.15) is 39.5 Å². The third-order valence-electron chi connectivity index (χ3n) is 2.89. The first-order valence-electron chi connectivity index (χ1n) is 5.97. The predicted molar refractivity (Wildman–Crippen MR) is 67.0 cm³/mol. The number of nitrogens with one attached hydrogen (secondary N) is 1. The van der Waals surface area contributed by atoms with Crippen LogP contribution < -0.4 is 5.32 Å². The summed E-state index contributed by atoms with van der Waals surface area (Å²) in [7, 11) is 3.31. The van der Waals surface area contributed by atoms with Gasteiger partial charge in [-0.3, -0.25) is 9.59 Å². The van der Waals surface area contributed by atoms with Crippen LogP contribution in [-0.4, -0.2) is 47.4 Å². The summed E-state index contributed by atoms with van der Waals surface area (Å²) in [4.78, 5) is 35.3. The van der Waals surface area contributed by atoms with Crippen LogP contribution in [0.25, 0.3) is 0 Å². The highest BCUT2D eigenvalue weighted by molar-refractivity contribution is 5.86. The van der Waals surface area contributed by atoms with Crippen molar-refractivity contribution in [3.63, 3.8) is 0 Å². The first kappa shape index (κ1) is 16.4. The van der Waals surface area contributed by atoms with Gasteiger partial charge in [0.2, 0.25) is 11.8 Å². The third kappa shape index (κ3) is 5.16. The van der Waals surface area contributed by atoms with Gasteiger partial charge >= 0.3 is 5.97 Å². The van der Waals surface area contributed by atoms with Gasteiger partial charge in [0.15, 0.2) is 0 Å². The Bertz CT molecular complexity index is 328. The minimum atomic E-state index is -1.23. The van der Waals surface area contributed by atoms with Crippen LogP contribution in [0, 0.1) is 0 Å². The summed E-state index contributed by atoms with van der Waals surface area (Å²) in [5.41, 5.74) is -1.23.